The van der Waals surface area contributed by atoms with Crippen molar-refractivity contribution >= 4 is 15.9 Å². The Bertz CT molecular complexity index is 941. The number of rotatable bonds is 4. The quantitative estimate of drug-likeness (QED) is 0.864. The molecule has 4 rings (SSSR count). The number of imidazole rings is 1. The molecule has 1 atom stereocenters. The van der Waals surface area contributed by atoms with Crippen molar-refractivity contribution in [2.75, 3.05) is 13.1 Å². The number of benzene rings is 1. The summed E-state index contributed by atoms with van der Waals surface area (Å²) < 4.78 is 28.9. The summed E-state index contributed by atoms with van der Waals surface area (Å²) in [5, 5.41) is 3.22. The topological polar surface area (TPSA) is 84.3 Å². The fraction of sp³-hybridized carbons (Fsp3) is 0.474. The van der Waals surface area contributed by atoms with E-state index in [1.807, 2.05) is 18.2 Å². The molecule has 8 heteroatoms. The second-order valence-corrected chi connectivity index (χ2v) is 9.48. The molecule has 1 aromatic heterocycles. The van der Waals surface area contributed by atoms with E-state index in [1.165, 1.54) is 4.31 Å². The highest BCUT2D eigenvalue weighted by molar-refractivity contribution is 7.89. The molecule has 0 bridgehead atoms. The standard InChI is InChI=1S/C19H24N4O3S/c1-14-20-17(13-22(14)2)27(25,26)23-10-8-19(9-11-23)12-16(19)21-18(24)15-6-4-3-5-7-15/h3-7,13,16H,8-12H2,1-2H3,(H,21,24). The van der Waals surface area contributed by atoms with Crippen molar-refractivity contribution < 1.29 is 13.2 Å². The number of carbonyl (C=O) groups excluding carboxylic acids is 1. The highest BCUT2D eigenvalue weighted by atomic mass is 32.2. The molecule has 144 valence electrons. The Hall–Kier alpha value is -2.19. The maximum atomic E-state index is 12.8. The lowest BCUT2D eigenvalue weighted by molar-refractivity contribution is 0.0940. The van der Waals surface area contributed by atoms with Crippen LogP contribution in [0.25, 0.3) is 0 Å². The lowest BCUT2D eigenvalue weighted by Gasteiger charge is -2.31. The molecular formula is C19H24N4O3S. The van der Waals surface area contributed by atoms with Gasteiger partial charge in [-0.25, -0.2) is 13.4 Å². The molecule has 2 fully saturated rings. The summed E-state index contributed by atoms with van der Waals surface area (Å²) in [6.45, 7) is 2.72. The minimum atomic E-state index is -3.56. The Balaban J connectivity index is 1.38. The van der Waals surface area contributed by atoms with E-state index in [4.69, 9.17) is 0 Å². The minimum absolute atomic E-state index is 0.0382. The van der Waals surface area contributed by atoms with Crippen LogP contribution in [0.1, 0.15) is 35.4 Å². The number of aryl methyl sites for hydroxylation is 2. The number of amides is 1. The van der Waals surface area contributed by atoms with Crippen LogP contribution >= 0.6 is 0 Å². The molecule has 7 nitrogen and oxygen atoms in total. The van der Waals surface area contributed by atoms with E-state index in [9.17, 15) is 13.2 Å². The Kier molecular flexibility index (Phi) is 4.35. The van der Waals surface area contributed by atoms with Crippen LogP contribution in [-0.2, 0) is 17.1 Å². The van der Waals surface area contributed by atoms with Gasteiger partial charge in [-0.15, -0.1) is 0 Å². The van der Waals surface area contributed by atoms with Crippen molar-refractivity contribution in [1.82, 2.24) is 19.2 Å². The Morgan fingerprint density at radius 3 is 2.48 bits per heavy atom. The van der Waals surface area contributed by atoms with Crippen molar-refractivity contribution in [3.8, 4) is 0 Å². The van der Waals surface area contributed by atoms with E-state index in [1.54, 1.807) is 36.9 Å². The molecule has 1 unspecified atom stereocenters. The van der Waals surface area contributed by atoms with E-state index in [-0.39, 0.29) is 22.4 Å². The number of hydrogen-bond donors (Lipinski definition) is 1. The maximum Gasteiger partial charge on any atom is 0.262 e. The molecule has 1 saturated carbocycles. The molecule has 1 aromatic carbocycles. The number of sulfonamides is 1. The zero-order valence-electron chi connectivity index (χ0n) is 15.6. The number of piperidine rings is 1. The van der Waals surface area contributed by atoms with Crippen molar-refractivity contribution in [3.63, 3.8) is 0 Å². The highest BCUT2D eigenvalue weighted by Gasteiger charge is 2.56. The van der Waals surface area contributed by atoms with Crippen LogP contribution in [0.3, 0.4) is 0 Å². The van der Waals surface area contributed by atoms with Crippen LogP contribution in [-0.4, -0.2) is 47.3 Å². The molecular weight excluding hydrogens is 364 g/mol. The van der Waals surface area contributed by atoms with E-state index in [0.717, 1.165) is 19.3 Å². The van der Waals surface area contributed by atoms with Gasteiger partial charge in [-0.2, -0.15) is 4.31 Å². The summed E-state index contributed by atoms with van der Waals surface area (Å²) in [7, 11) is -1.77. The smallest absolute Gasteiger partial charge is 0.262 e. The van der Waals surface area contributed by atoms with E-state index in [0.29, 0.717) is 24.5 Å². The molecule has 1 aliphatic heterocycles. The number of hydrogen-bond acceptors (Lipinski definition) is 4. The van der Waals surface area contributed by atoms with Gasteiger partial charge >= 0.3 is 0 Å². The van der Waals surface area contributed by atoms with Gasteiger partial charge in [0.1, 0.15) is 5.82 Å². The van der Waals surface area contributed by atoms with Crippen molar-refractivity contribution in [2.45, 2.75) is 37.3 Å². The predicted molar refractivity (Wildman–Crippen MR) is 101 cm³/mol. The zero-order chi connectivity index (χ0) is 19.2. The summed E-state index contributed by atoms with van der Waals surface area (Å²) in [4.78, 5) is 16.5. The van der Waals surface area contributed by atoms with E-state index >= 15 is 0 Å². The van der Waals surface area contributed by atoms with Gasteiger partial charge in [0, 0.05) is 37.9 Å². The number of aromatic nitrogens is 2. The molecule has 1 saturated heterocycles. The SMILES string of the molecule is Cc1nc(S(=O)(=O)N2CCC3(CC2)CC3NC(=O)c2ccccc2)cn1C. The average molecular weight is 388 g/mol. The lowest BCUT2D eigenvalue weighted by Crippen LogP contribution is -2.41. The van der Waals surface area contributed by atoms with Gasteiger partial charge in [0.2, 0.25) is 0 Å². The van der Waals surface area contributed by atoms with Crippen LogP contribution < -0.4 is 5.32 Å². The monoisotopic (exact) mass is 388 g/mol. The van der Waals surface area contributed by atoms with Crippen LogP contribution in [0.4, 0.5) is 0 Å². The predicted octanol–water partition coefficient (Wildman–Crippen LogP) is 1.70. The highest BCUT2D eigenvalue weighted by Crippen LogP contribution is 2.54. The molecule has 1 amide bonds. The molecule has 2 heterocycles. The van der Waals surface area contributed by atoms with Crippen LogP contribution in [0.5, 0.6) is 0 Å². The van der Waals surface area contributed by atoms with Crippen LogP contribution in [0.15, 0.2) is 41.6 Å². The van der Waals surface area contributed by atoms with E-state index < -0.39 is 10.0 Å². The van der Waals surface area contributed by atoms with Gasteiger partial charge in [0.15, 0.2) is 5.03 Å². The third-order valence-corrected chi connectivity index (χ3v) is 7.71. The molecule has 1 aliphatic carbocycles. The molecule has 0 radical (unpaired) electrons. The summed E-state index contributed by atoms with van der Waals surface area (Å²) in [5.41, 5.74) is 0.696. The maximum absolute atomic E-state index is 12.8. The van der Waals surface area contributed by atoms with Gasteiger partial charge in [-0.05, 0) is 43.7 Å². The second-order valence-electron chi connectivity index (χ2n) is 7.60. The molecule has 2 aromatic rings. The first-order valence-electron chi connectivity index (χ1n) is 9.18. The third-order valence-electron chi connectivity index (χ3n) is 5.94. The van der Waals surface area contributed by atoms with Gasteiger partial charge in [0.25, 0.3) is 15.9 Å². The Morgan fingerprint density at radius 1 is 1.22 bits per heavy atom. The van der Waals surface area contributed by atoms with Crippen molar-refractivity contribution in [2.24, 2.45) is 12.5 Å². The normalized spacial score (nSPS) is 21.9. The molecule has 1 N–H and O–H groups in total. The summed E-state index contributed by atoms with van der Waals surface area (Å²) in [6, 6.07) is 9.31. The van der Waals surface area contributed by atoms with Gasteiger partial charge in [-0.1, -0.05) is 18.2 Å². The molecule has 27 heavy (non-hydrogen) atoms. The third kappa shape index (κ3) is 3.27. The Labute approximate surface area is 159 Å². The Morgan fingerprint density at radius 2 is 1.89 bits per heavy atom. The van der Waals surface area contributed by atoms with E-state index in [2.05, 4.69) is 10.3 Å². The summed E-state index contributed by atoms with van der Waals surface area (Å²) in [5.74, 6) is 0.615. The first-order chi connectivity index (χ1) is 12.8. The number of carbonyl (C=O) groups is 1. The first-order valence-corrected chi connectivity index (χ1v) is 10.6. The first kappa shape index (κ1) is 18.2. The van der Waals surface area contributed by atoms with Crippen molar-refractivity contribution in [1.29, 1.82) is 0 Å². The second kappa shape index (κ2) is 6.45. The lowest BCUT2D eigenvalue weighted by atomic mass is 9.94. The molecule has 1 spiro atoms. The average Bonchev–Trinajstić information content (AvgIpc) is 3.18. The van der Waals surface area contributed by atoms with Gasteiger partial charge in [0.05, 0.1) is 0 Å². The van der Waals surface area contributed by atoms with Gasteiger partial charge in [-0.3, -0.25) is 4.79 Å². The summed E-state index contributed by atoms with van der Waals surface area (Å²) >= 11 is 0. The number of nitrogens with zero attached hydrogens (tertiary/aromatic N) is 3. The molecule has 2 aliphatic rings. The number of nitrogens with one attached hydrogen (secondary N) is 1. The minimum Gasteiger partial charge on any atom is -0.349 e. The van der Waals surface area contributed by atoms with Crippen molar-refractivity contribution in [3.05, 3.63) is 47.9 Å². The zero-order valence-corrected chi connectivity index (χ0v) is 16.4. The fourth-order valence-corrected chi connectivity index (χ4v) is 5.36. The largest absolute Gasteiger partial charge is 0.349 e. The summed E-state index contributed by atoms with van der Waals surface area (Å²) in [6.07, 6.45) is 4.01. The van der Waals surface area contributed by atoms with Crippen LogP contribution in [0.2, 0.25) is 0 Å². The fourth-order valence-electron chi connectivity index (χ4n) is 3.89. The van der Waals surface area contributed by atoms with Gasteiger partial charge < -0.3 is 9.88 Å². The van der Waals surface area contributed by atoms with Crippen LogP contribution in [0, 0.1) is 12.3 Å².